The van der Waals surface area contributed by atoms with Gasteiger partial charge in [0.2, 0.25) is 10.0 Å². The Morgan fingerprint density at radius 1 is 1.38 bits per heavy atom. The Labute approximate surface area is 127 Å². The number of anilines is 1. The molecule has 0 aromatic carbocycles. The molecule has 0 amide bonds. The normalized spacial score (nSPS) is 16.6. The first-order chi connectivity index (χ1) is 9.99. The van der Waals surface area contributed by atoms with Gasteiger partial charge in [-0.25, -0.2) is 22.5 Å². The van der Waals surface area contributed by atoms with Crippen molar-refractivity contribution in [1.29, 1.82) is 0 Å². The maximum Gasteiger partial charge on any atom is 0.354 e. The molecular weight excluding hydrogens is 314 g/mol. The van der Waals surface area contributed by atoms with Gasteiger partial charge in [0.05, 0.1) is 5.75 Å². The van der Waals surface area contributed by atoms with E-state index in [0.717, 1.165) is 11.5 Å². The number of nitrogens with one attached hydrogen (secondary N) is 1. The second-order valence-electron chi connectivity index (χ2n) is 4.47. The summed E-state index contributed by atoms with van der Waals surface area (Å²) >= 11 is 1.75. The van der Waals surface area contributed by atoms with Crippen LogP contribution in [0.5, 0.6) is 0 Å². The zero-order valence-corrected chi connectivity index (χ0v) is 13.0. The van der Waals surface area contributed by atoms with E-state index in [0.29, 0.717) is 18.9 Å². The second kappa shape index (κ2) is 7.10. The minimum atomic E-state index is -3.27. The van der Waals surface area contributed by atoms with Crippen molar-refractivity contribution < 1.29 is 18.3 Å². The van der Waals surface area contributed by atoms with Gasteiger partial charge in [0, 0.05) is 31.1 Å². The van der Waals surface area contributed by atoms with Gasteiger partial charge in [-0.15, -0.1) is 0 Å². The van der Waals surface area contributed by atoms with Crippen molar-refractivity contribution in [2.75, 3.05) is 42.2 Å². The zero-order chi connectivity index (χ0) is 15.3. The highest BCUT2D eigenvalue weighted by Crippen LogP contribution is 2.13. The standard InChI is InChI=1S/C12H17N3O4S2/c16-12(17)10-2-1-3-11(14-10)13-4-9-21(18,19)15-5-7-20-8-6-15/h1-3H,4-9H2,(H,13,14)(H,16,17). The molecule has 2 heterocycles. The van der Waals surface area contributed by atoms with Crippen LogP contribution < -0.4 is 5.32 Å². The van der Waals surface area contributed by atoms with Gasteiger partial charge in [-0.2, -0.15) is 11.8 Å². The number of sulfonamides is 1. The van der Waals surface area contributed by atoms with Crippen LogP contribution in [-0.4, -0.2) is 65.7 Å². The maximum atomic E-state index is 12.1. The molecule has 1 aromatic rings. The first kappa shape index (κ1) is 16.1. The number of carboxylic acid groups (broad SMARTS) is 1. The van der Waals surface area contributed by atoms with Gasteiger partial charge >= 0.3 is 5.97 Å². The Balaban J connectivity index is 1.88. The van der Waals surface area contributed by atoms with E-state index in [1.807, 2.05) is 0 Å². The van der Waals surface area contributed by atoms with Crippen LogP contribution >= 0.6 is 11.8 Å². The molecule has 116 valence electrons. The van der Waals surface area contributed by atoms with Gasteiger partial charge in [-0.3, -0.25) is 0 Å². The molecular formula is C12H17N3O4S2. The number of thioether (sulfide) groups is 1. The van der Waals surface area contributed by atoms with E-state index < -0.39 is 16.0 Å². The number of pyridine rings is 1. The number of hydrogen-bond acceptors (Lipinski definition) is 6. The van der Waals surface area contributed by atoms with Crippen LogP contribution in [0.15, 0.2) is 18.2 Å². The first-order valence-corrected chi connectivity index (χ1v) is 9.25. The van der Waals surface area contributed by atoms with E-state index in [2.05, 4.69) is 10.3 Å². The van der Waals surface area contributed by atoms with Crippen molar-refractivity contribution >= 4 is 33.6 Å². The fourth-order valence-electron chi connectivity index (χ4n) is 1.91. The number of carboxylic acids is 1. The monoisotopic (exact) mass is 331 g/mol. The van der Waals surface area contributed by atoms with Gasteiger partial charge in [-0.05, 0) is 12.1 Å². The molecule has 0 unspecified atom stereocenters. The van der Waals surface area contributed by atoms with Crippen molar-refractivity contribution in [3.05, 3.63) is 23.9 Å². The highest BCUT2D eigenvalue weighted by molar-refractivity contribution is 7.99. The Hall–Kier alpha value is -1.32. The second-order valence-corrected chi connectivity index (χ2v) is 7.78. The van der Waals surface area contributed by atoms with Crippen LogP contribution in [0.3, 0.4) is 0 Å². The number of nitrogens with zero attached hydrogens (tertiary/aromatic N) is 2. The minimum Gasteiger partial charge on any atom is -0.477 e. The van der Waals surface area contributed by atoms with E-state index >= 15 is 0 Å². The van der Waals surface area contributed by atoms with E-state index in [1.165, 1.54) is 10.4 Å². The quantitative estimate of drug-likeness (QED) is 0.786. The molecule has 0 bridgehead atoms. The van der Waals surface area contributed by atoms with E-state index in [1.54, 1.807) is 23.9 Å². The van der Waals surface area contributed by atoms with Crippen molar-refractivity contribution in [1.82, 2.24) is 9.29 Å². The highest BCUT2D eigenvalue weighted by Gasteiger charge is 2.23. The molecule has 0 aliphatic carbocycles. The van der Waals surface area contributed by atoms with Crippen molar-refractivity contribution in [3.8, 4) is 0 Å². The van der Waals surface area contributed by atoms with Crippen LogP contribution in [0.1, 0.15) is 10.5 Å². The number of aromatic carboxylic acids is 1. The van der Waals surface area contributed by atoms with E-state index in [-0.39, 0.29) is 18.0 Å². The molecule has 1 aliphatic heterocycles. The topological polar surface area (TPSA) is 99.6 Å². The Kier molecular flexibility index (Phi) is 5.43. The summed E-state index contributed by atoms with van der Waals surface area (Å²) in [6.45, 7) is 1.31. The lowest BCUT2D eigenvalue weighted by Gasteiger charge is -2.25. The summed E-state index contributed by atoms with van der Waals surface area (Å²) in [5, 5.41) is 11.7. The Morgan fingerprint density at radius 3 is 2.76 bits per heavy atom. The smallest absolute Gasteiger partial charge is 0.354 e. The predicted octanol–water partition coefficient (Wildman–Crippen LogP) is 0.570. The lowest BCUT2D eigenvalue weighted by molar-refractivity contribution is 0.0690. The first-order valence-electron chi connectivity index (χ1n) is 6.49. The predicted molar refractivity (Wildman–Crippen MR) is 82.4 cm³/mol. The molecule has 9 heteroatoms. The number of carbonyl (C=O) groups is 1. The van der Waals surface area contributed by atoms with Crippen LogP contribution in [-0.2, 0) is 10.0 Å². The lowest BCUT2D eigenvalue weighted by Crippen LogP contribution is -2.40. The van der Waals surface area contributed by atoms with Gasteiger partial charge in [-0.1, -0.05) is 6.07 Å². The molecule has 2 N–H and O–H groups in total. The largest absolute Gasteiger partial charge is 0.477 e. The van der Waals surface area contributed by atoms with Gasteiger partial charge in [0.25, 0.3) is 0 Å². The molecule has 1 aliphatic rings. The molecule has 1 fully saturated rings. The van der Waals surface area contributed by atoms with Crippen LogP contribution in [0.25, 0.3) is 0 Å². The molecule has 7 nitrogen and oxygen atoms in total. The average Bonchev–Trinajstić information content (AvgIpc) is 2.48. The van der Waals surface area contributed by atoms with Gasteiger partial charge < -0.3 is 10.4 Å². The molecule has 0 saturated carbocycles. The summed E-state index contributed by atoms with van der Waals surface area (Å²) in [4.78, 5) is 14.7. The van der Waals surface area contributed by atoms with Gasteiger partial charge in [0.1, 0.15) is 5.82 Å². The van der Waals surface area contributed by atoms with Crippen LogP contribution in [0.4, 0.5) is 5.82 Å². The maximum absolute atomic E-state index is 12.1. The van der Waals surface area contributed by atoms with Crippen molar-refractivity contribution in [2.45, 2.75) is 0 Å². The zero-order valence-electron chi connectivity index (χ0n) is 11.4. The van der Waals surface area contributed by atoms with E-state index in [9.17, 15) is 13.2 Å². The van der Waals surface area contributed by atoms with Crippen LogP contribution in [0.2, 0.25) is 0 Å². The summed E-state index contributed by atoms with van der Waals surface area (Å²) < 4.78 is 25.7. The molecule has 1 saturated heterocycles. The average molecular weight is 331 g/mol. The number of aromatic nitrogens is 1. The summed E-state index contributed by atoms with van der Waals surface area (Å²) in [5.74, 6) is 0.872. The Morgan fingerprint density at radius 2 is 2.10 bits per heavy atom. The summed E-state index contributed by atoms with van der Waals surface area (Å²) in [6.07, 6.45) is 0. The third-order valence-electron chi connectivity index (χ3n) is 3.00. The molecule has 21 heavy (non-hydrogen) atoms. The Bertz CT molecular complexity index is 600. The number of hydrogen-bond donors (Lipinski definition) is 2. The third kappa shape index (κ3) is 4.58. The molecule has 0 spiro atoms. The lowest BCUT2D eigenvalue weighted by atomic mass is 10.3. The fourth-order valence-corrected chi connectivity index (χ4v) is 4.41. The minimum absolute atomic E-state index is 0.0311. The van der Waals surface area contributed by atoms with Crippen LogP contribution in [0, 0.1) is 0 Å². The van der Waals surface area contributed by atoms with Crippen molar-refractivity contribution in [3.63, 3.8) is 0 Å². The molecule has 0 radical (unpaired) electrons. The van der Waals surface area contributed by atoms with E-state index in [4.69, 9.17) is 5.11 Å². The molecule has 0 atom stereocenters. The third-order valence-corrected chi connectivity index (χ3v) is 5.81. The van der Waals surface area contributed by atoms with Crippen molar-refractivity contribution in [2.24, 2.45) is 0 Å². The number of rotatable bonds is 6. The highest BCUT2D eigenvalue weighted by atomic mass is 32.2. The SMILES string of the molecule is O=C(O)c1cccc(NCCS(=O)(=O)N2CCSCC2)n1. The summed E-state index contributed by atoms with van der Waals surface area (Å²) in [5.41, 5.74) is -0.0732. The summed E-state index contributed by atoms with van der Waals surface area (Å²) in [7, 11) is -3.27. The summed E-state index contributed by atoms with van der Waals surface area (Å²) in [6, 6.07) is 4.56. The molecule has 1 aromatic heterocycles. The fraction of sp³-hybridized carbons (Fsp3) is 0.500. The van der Waals surface area contributed by atoms with Gasteiger partial charge in [0.15, 0.2) is 5.69 Å². The molecule has 2 rings (SSSR count).